The van der Waals surface area contributed by atoms with Crippen molar-refractivity contribution in [2.45, 2.75) is 71.3 Å². The third-order valence-electron chi connectivity index (χ3n) is 4.12. The van der Waals surface area contributed by atoms with E-state index in [0.29, 0.717) is 19.1 Å². The van der Waals surface area contributed by atoms with E-state index in [0.717, 1.165) is 24.5 Å². The molecule has 1 saturated carbocycles. The molecule has 1 unspecified atom stereocenters. The Hall–Kier alpha value is -1.39. The summed E-state index contributed by atoms with van der Waals surface area (Å²) in [6.07, 6.45) is 6.82. The average Bonchev–Trinajstić information content (AvgIpc) is 2.83. The smallest absolute Gasteiger partial charge is 0.316 e. The molecule has 5 heteroatoms. The second-order valence-corrected chi connectivity index (χ2v) is 5.48. The highest BCUT2D eigenvalue weighted by molar-refractivity contribution is 5.77. The molecule has 20 heavy (non-hydrogen) atoms. The molecule has 1 aromatic rings. The second kappa shape index (κ2) is 6.86. The predicted molar refractivity (Wildman–Crippen MR) is 76.5 cm³/mol. The molecule has 0 radical (unpaired) electrons. The van der Waals surface area contributed by atoms with Gasteiger partial charge in [-0.1, -0.05) is 26.2 Å². The molecule has 1 aromatic heterocycles. The second-order valence-electron chi connectivity index (χ2n) is 5.48. The highest BCUT2D eigenvalue weighted by Gasteiger charge is 2.29. The van der Waals surface area contributed by atoms with Crippen LogP contribution < -0.4 is 0 Å². The van der Waals surface area contributed by atoms with Crippen molar-refractivity contribution in [3.8, 4) is 0 Å². The molecule has 0 amide bonds. The number of aryl methyl sites for hydroxylation is 1. The zero-order valence-corrected chi connectivity index (χ0v) is 12.8. The summed E-state index contributed by atoms with van der Waals surface area (Å²) in [6.45, 7) is 6.22. The predicted octanol–water partition coefficient (Wildman–Crippen LogP) is 3.15. The van der Waals surface area contributed by atoms with Gasteiger partial charge in [-0.2, -0.15) is 0 Å². The number of ether oxygens (including phenoxy) is 1. The zero-order valence-electron chi connectivity index (χ0n) is 12.8. The minimum atomic E-state index is -0.293. The fourth-order valence-electron chi connectivity index (χ4n) is 3.11. The summed E-state index contributed by atoms with van der Waals surface area (Å²) < 4.78 is 7.37. The maximum atomic E-state index is 12.1. The van der Waals surface area contributed by atoms with Crippen LogP contribution in [0.2, 0.25) is 0 Å². The van der Waals surface area contributed by atoms with E-state index in [1.807, 2.05) is 20.8 Å². The molecule has 1 fully saturated rings. The molecule has 2 rings (SSSR count). The first-order valence-corrected chi connectivity index (χ1v) is 7.77. The van der Waals surface area contributed by atoms with Crippen molar-refractivity contribution in [2.24, 2.45) is 0 Å². The van der Waals surface area contributed by atoms with Crippen LogP contribution in [-0.2, 0) is 9.53 Å². The Morgan fingerprint density at radius 3 is 2.60 bits per heavy atom. The van der Waals surface area contributed by atoms with E-state index in [-0.39, 0.29) is 11.9 Å². The summed E-state index contributed by atoms with van der Waals surface area (Å²) in [5.74, 6) is 1.22. The Morgan fingerprint density at radius 2 is 2.00 bits per heavy atom. The molecule has 1 aliphatic carbocycles. The van der Waals surface area contributed by atoms with Crippen molar-refractivity contribution < 1.29 is 9.53 Å². The Balaban J connectivity index is 2.28. The van der Waals surface area contributed by atoms with Gasteiger partial charge in [-0.05, 0) is 33.1 Å². The van der Waals surface area contributed by atoms with Gasteiger partial charge in [-0.25, -0.2) is 0 Å². The van der Waals surface area contributed by atoms with Crippen LogP contribution in [0.25, 0.3) is 0 Å². The van der Waals surface area contributed by atoms with Crippen molar-refractivity contribution in [2.75, 3.05) is 6.61 Å². The molecule has 5 nitrogen and oxygen atoms in total. The van der Waals surface area contributed by atoms with Crippen LogP contribution in [-0.4, -0.2) is 27.3 Å². The summed E-state index contributed by atoms with van der Waals surface area (Å²) in [6, 6.07) is 0.442. The zero-order chi connectivity index (χ0) is 14.5. The van der Waals surface area contributed by atoms with Crippen LogP contribution in [0, 0.1) is 6.92 Å². The highest BCUT2D eigenvalue weighted by Crippen LogP contribution is 2.32. The SMILES string of the molecule is CCOC(=O)C(CC)c1nnc(C)n1C1CCCCC1. The monoisotopic (exact) mass is 279 g/mol. The molecule has 1 heterocycles. The first-order valence-electron chi connectivity index (χ1n) is 7.77. The number of nitrogens with zero attached hydrogens (tertiary/aromatic N) is 3. The lowest BCUT2D eigenvalue weighted by Gasteiger charge is -2.26. The van der Waals surface area contributed by atoms with Crippen LogP contribution in [0.15, 0.2) is 0 Å². The van der Waals surface area contributed by atoms with Crippen LogP contribution >= 0.6 is 0 Å². The molecule has 0 bridgehead atoms. The average molecular weight is 279 g/mol. The van der Waals surface area contributed by atoms with Crippen LogP contribution in [0.1, 0.15) is 76.0 Å². The van der Waals surface area contributed by atoms with Gasteiger partial charge in [0.15, 0.2) is 0 Å². The minimum Gasteiger partial charge on any atom is -0.465 e. The topological polar surface area (TPSA) is 57.0 Å². The number of hydrogen-bond acceptors (Lipinski definition) is 4. The van der Waals surface area contributed by atoms with Crippen molar-refractivity contribution in [1.29, 1.82) is 0 Å². The summed E-state index contributed by atoms with van der Waals surface area (Å²) in [5, 5.41) is 8.49. The number of hydrogen-bond donors (Lipinski definition) is 0. The first-order chi connectivity index (χ1) is 9.69. The highest BCUT2D eigenvalue weighted by atomic mass is 16.5. The van der Waals surface area contributed by atoms with Gasteiger partial charge >= 0.3 is 5.97 Å². The molecule has 0 N–H and O–H groups in total. The van der Waals surface area contributed by atoms with E-state index >= 15 is 0 Å². The van der Waals surface area contributed by atoms with Crippen LogP contribution in [0.3, 0.4) is 0 Å². The largest absolute Gasteiger partial charge is 0.465 e. The third-order valence-corrected chi connectivity index (χ3v) is 4.12. The van der Waals surface area contributed by atoms with Crippen LogP contribution in [0.4, 0.5) is 0 Å². The van der Waals surface area contributed by atoms with Gasteiger partial charge in [0.25, 0.3) is 0 Å². The molecule has 1 atom stereocenters. The maximum Gasteiger partial charge on any atom is 0.316 e. The normalized spacial score (nSPS) is 17.9. The van der Waals surface area contributed by atoms with Gasteiger partial charge in [0.1, 0.15) is 17.6 Å². The summed E-state index contributed by atoms with van der Waals surface area (Å²) in [4.78, 5) is 12.1. The van der Waals surface area contributed by atoms with E-state index in [4.69, 9.17) is 4.74 Å². The number of esters is 1. The molecule has 0 aliphatic heterocycles. The van der Waals surface area contributed by atoms with E-state index in [2.05, 4.69) is 14.8 Å². The first kappa shape index (κ1) is 15.0. The molecule has 0 spiro atoms. The maximum absolute atomic E-state index is 12.1. The number of rotatable bonds is 5. The van der Waals surface area contributed by atoms with E-state index in [1.54, 1.807) is 0 Å². The van der Waals surface area contributed by atoms with Gasteiger partial charge in [-0.15, -0.1) is 10.2 Å². The van der Waals surface area contributed by atoms with E-state index in [1.165, 1.54) is 19.3 Å². The Bertz CT molecular complexity index is 450. The standard InChI is InChI=1S/C15H25N3O2/c1-4-13(15(19)20-5-2)14-17-16-11(3)18(14)12-9-7-6-8-10-12/h12-13H,4-10H2,1-3H3. The van der Waals surface area contributed by atoms with Gasteiger partial charge in [-0.3, -0.25) is 4.79 Å². The van der Waals surface area contributed by atoms with Crippen molar-refractivity contribution in [1.82, 2.24) is 14.8 Å². The molecular formula is C15H25N3O2. The van der Waals surface area contributed by atoms with Gasteiger partial charge in [0.2, 0.25) is 0 Å². The fourth-order valence-corrected chi connectivity index (χ4v) is 3.11. The lowest BCUT2D eigenvalue weighted by Crippen LogP contribution is -2.23. The third kappa shape index (κ3) is 3.02. The Morgan fingerprint density at radius 1 is 1.30 bits per heavy atom. The number of carbonyl (C=O) groups excluding carboxylic acids is 1. The lowest BCUT2D eigenvalue weighted by molar-refractivity contribution is -0.145. The fraction of sp³-hybridized carbons (Fsp3) is 0.800. The number of carbonyl (C=O) groups is 1. The van der Waals surface area contributed by atoms with Crippen molar-refractivity contribution >= 4 is 5.97 Å². The molecule has 112 valence electrons. The van der Waals surface area contributed by atoms with Crippen molar-refractivity contribution in [3.63, 3.8) is 0 Å². The Labute approximate surface area is 120 Å². The molecule has 0 aromatic carbocycles. The van der Waals surface area contributed by atoms with Crippen molar-refractivity contribution in [3.05, 3.63) is 11.6 Å². The van der Waals surface area contributed by atoms with Gasteiger partial charge in [0, 0.05) is 6.04 Å². The van der Waals surface area contributed by atoms with Gasteiger partial charge in [0.05, 0.1) is 6.61 Å². The summed E-state index contributed by atoms with van der Waals surface area (Å²) >= 11 is 0. The summed E-state index contributed by atoms with van der Waals surface area (Å²) in [7, 11) is 0. The lowest BCUT2D eigenvalue weighted by atomic mass is 9.94. The molecular weight excluding hydrogens is 254 g/mol. The molecule has 0 saturated heterocycles. The van der Waals surface area contributed by atoms with Gasteiger partial charge < -0.3 is 9.30 Å². The molecule has 1 aliphatic rings. The Kier molecular flexibility index (Phi) is 5.15. The summed E-state index contributed by atoms with van der Waals surface area (Å²) in [5.41, 5.74) is 0. The number of aromatic nitrogens is 3. The van der Waals surface area contributed by atoms with Crippen LogP contribution in [0.5, 0.6) is 0 Å². The minimum absolute atomic E-state index is 0.181. The van der Waals surface area contributed by atoms with E-state index in [9.17, 15) is 4.79 Å². The quantitative estimate of drug-likeness (QED) is 0.777. The van der Waals surface area contributed by atoms with E-state index < -0.39 is 0 Å².